The van der Waals surface area contributed by atoms with Gasteiger partial charge in [0, 0.05) is 50.8 Å². The van der Waals surface area contributed by atoms with Crippen LogP contribution in [0.15, 0.2) is 30.3 Å². The first-order valence-electron chi connectivity index (χ1n) is 10.8. The summed E-state index contributed by atoms with van der Waals surface area (Å²) in [5, 5.41) is 0. The molecule has 0 spiro atoms. The van der Waals surface area contributed by atoms with Gasteiger partial charge in [-0.1, -0.05) is 30.3 Å². The Balaban J connectivity index is 1.75. The Hall–Kier alpha value is -1.63. The van der Waals surface area contributed by atoms with Gasteiger partial charge in [0.1, 0.15) is 5.60 Å². The van der Waals surface area contributed by atoms with Crippen LogP contribution in [-0.4, -0.2) is 83.9 Å². The van der Waals surface area contributed by atoms with E-state index in [4.69, 9.17) is 9.47 Å². The second-order valence-electron chi connectivity index (χ2n) is 9.47. The van der Waals surface area contributed by atoms with Crippen LogP contribution >= 0.6 is 0 Å². The lowest BCUT2D eigenvalue weighted by atomic mass is 10.0. The summed E-state index contributed by atoms with van der Waals surface area (Å²) in [6, 6.07) is 11.4. The van der Waals surface area contributed by atoms with E-state index in [0.29, 0.717) is 12.6 Å². The van der Waals surface area contributed by atoms with Crippen LogP contribution < -0.4 is 0 Å². The fourth-order valence-electron chi connectivity index (χ4n) is 4.17. The first-order chi connectivity index (χ1) is 13.7. The number of morpholine rings is 1. The maximum absolute atomic E-state index is 12.8. The highest BCUT2D eigenvalue weighted by Crippen LogP contribution is 2.23. The van der Waals surface area contributed by atoms with E-state index < -0.39 is 5.60 Å². The molecule has 1 aromatic rings. The van der Waals surface area contributed by atoms with Gasteiger partial charge in [-0.25, -0.2) is 4.79 Å². The van der Waals surface area contributed by atoms with Crippen molar-refractivity contribution in [3.05, 3.63) is 35.9 Å². The van der Waals surface area contributed by atoms with Crippen molar-refractivity contribution in [2.24, 2.45) is 0 Å². The Morgan fingerprint density at radius 1 is 1.10 bits per heavy atom. The van der Waals surface area contributed by atoms with Gasteiger partial charge in [0.25, 0.3) is 0 Å². The van der Waals surface area contributed by atoms with Gasteiger partial charge >= 0.3 is 6.09 Å². The SMILES string of the molecule is C[C@@H]1COCCN1C[C@H]1CN(C(=O)OC(C)(C)C)[C@H](C)CN1Cc1ccccc1. The minimum atomic E-state index is -0.480. The molecule has 0 aliphatic carbocycles. The van der Waals surface area contributed by atoms with Gasteiger partial charge in [0.15, 0.2) is 0 Å². The van der Waals surface area contributed by atoms with Gasteiger partial charge in [-0.15, -0.1) is 0 Å². The zero-order valence-corrected chi connectivity index (χ0v) is 18.6. The lowest BCUT2D eigenvalue weighted by molar-refractivity contribution is -0.0423. The third-order valence-corrected chi connectivity index (χ3v) is 5.76. The number of hydrogen-bond acceptors (Lipinski definition) is 5. The molecule has 2 heterocycles. The van der Waals surface area contributed by atoms with Crippen molar-refractivity contribution >= 4 is 6.09 Å². The number of amides is 1. The highest BCUT2D eigenvalue weighted by Gasteiger charge is 2.37. The van der Waals surface area contributed by atoms with E-state index in [0.717, 1.165) is 39.4 Å². The molecular weight excluding hydrogens is 366 g/mol. The molecule has 162 valence electrons. The van der Waals surface area contributed by atoms with Gasteiger partial charge in [0.2, 0.25) is 0 Å². The van der Waals surface area contributed by atoms with Crippen molar-refractivity contribution < 1.29 is 14.3 Å². The van der Waals surface area contributed by atoms with Gasteiger partial charge in [0.05, 0.1) is 13.2 Å². The summed E-state index contributed by atoms with van der Waals surface area (Å²) < 4.78 is 11.3. The summed E-state index contributed by atoms with van der Waals surface area (Å²) in [6.45, 7) is 16.0. The molecule has 29 heavy (non-hydrogen) atoms. The number of benzene rings is 1. The van der Waals surface area contributed by atoms with E-state index in [1.165, 1.54) is 5.56 Å². The molecule has 6 heteroatoms. The average Bonchev–Trinajstić information content (AvgIpc) is 2.65. The molecule has 0 unspecified atom stereocenters. The number of piperazine rings is 1. The van der Waals surface area contributed by atoms with Crippen molar-refractivity contribution in [2.45, 2.75) is 64.9 Å². The summed E-state index contributed by atoms with van der Waals surface area (Å²) in [6.07, 6.45) is -0.204. The molecule has 2 saturated heterocycles. The molecule has 2 aliphatic heterocycles. The maximum Gasteiger partial charge on any atom is 0.410 e. The average molecular weight is 404 g/mol. The van der Waals surface area contributed by atoms with Gasteiger partial charge in [-0.2, -0.15) is 0 Å². The molecule has 0 bridgehead atoms. The maximum atomic E-state index is 12.8. The predicted molar refractivity (Wildman–Crippen MR) is 115 cm³/mol. The highest BCUT2D eigenvalue weighted by atomic mass is 16.6. The van der Waals surface area contributed by atoms with E-state index in [9.17, 15) is 4.79 Å². The second-order valence-corrected chi connectivity index (χ2v) is 9.47. The van der Waals surface area contributed by atoms with E-state index in [1.54, 1.807) is 0 Å². The zero-order chi connectivity index (χ0) is 21.0. The van der Waals surface area contributed by atoms with Crippen molar-refractivity contribution in [1.29, 1.82) is 0 Å². The molecular formula is C23H37N3O3. The molecule has 0 saturated carbocycles. The molecule has 3 rings (SSSR count). The number of carbonyl (C=O) groups is 1. The molecule has 1 amide bonds. The van der Waals surface area contributed by atoms with Gasteiger partial charge < -0.3 is 14.4 Å². The Morgan fingerprint density at radius 3 is 2.48 bits per heavy atom. The standard InChI is InChI=1S/C23H37N3O3/c1-18-13-25(14-20-9-7-6-8-10-20)21(15-24-11-12-28-17-19(24)2)16-26(18)22(27)29-23(3,4)5/h6-10,18-19,21H,11-17H2,1-5H3/t18-,19-,21+/m1/s1. The van der Waals surface area contributed by atoms with E-state index in [-0.39, 0.29) is 18.2 Å². The molecule has 6 nitrogen and oxygen atoms in total. The summed E-state index contributed by atoms with van der Waals surface area (Å²) >= 11 is 0. The van der Waals surface area contributed by atoms with Crippen molar-refractivity contribution in [2.75, 3.05) is 39.4 Å². The Kier molecular flexibility index (Phi) is 7.19. The van der Waals surface area contributed by atoms with Crippen LogP contribution in [0.4, 0.5) is 4.79 Å². The van der Waals surface area contributed by atoms with Crippen LogP contribution in [0.2, 0.25) is 0 Å². The number of nitrogens with zero attached hydrogens (tertiary/aromatic N) is 3. The quantitative estimate of drug-likeness (QED) is 0.772. The van der Waals surface area contributed by atoms with Crippen LogP contribution in [0.3, 0.4) is 0 Å². The van der Waals surface area contributed by atoms with Gasteiger partial charge in [-0.3, -0.25) is 9.80 Å². The van der Waals surface area contributed by atoms with Crippen molar-refractivity contribution in [1.82, 2.24) is 14.7 Å². The third-order valence-electron chi connectivity index (χ3n) is 5.76. The summed E-state index contributed by atoms with van der Waals surface area (Å²) in [5.41, 5.74) is 0.831. The first-order valence-corrected chi connectivity index (χ1v) is 10.8. The van der Waals surface area contributed by atoms with E-state index >= 15 is 0 Å². The van der Waals surface area contributed by atoms with Crippen LogP contribution in [0, 0.1) is 0 Å². The molecule has 0 aromatic heterocycles. The van der Waals surface area contributed by atoms with E-state index in [1.807, 2.05) is 25.7 Å². The molecule has 3 atom stereocenters. The number of rotatable bonds is 4. The van der Waals surface area contributed by atoms with Crippen molar-refractivity contribution in [3.63, 3.8) is 0 Å². The Morgan fingerprint density at radius 2 is 1.83 bits per heavy atom. The molecule has 1 aromatic carbocycles. The summed E-state index contributed by atoms with van der Waals surface area (Å²) in [5.74, 6) is 0. The predicted octanol–water partition coefficient (Wildman–Crippen LogP) is 3.22. The van der Waals surface area contributed by atoms with Crippen LogP contribution in [0.25, 0.3) is 0 Å². The largest absolute Gasteiger partial charge is 0.444 e. The molecule has 2 aliphatic rings. The minimum absolute atomic E-state index is 0.118. The Labute approximate surface area is 175 Å². The van der Waals surface area contributed by atoms with Crippen LogP contribution in [-0.2, 0) is 16.0 Å². The lowest BCUT2D eigenvalue weighted by Gasteiger charge is -2.47. The molecule has 0 radical (unpaired) electrons. The number of ether oxygens (including phenoxy) is 2. The fraction of sp³-hybridized carbons (Fsp3) is 0.696. The van der Waals surface area contributed by atoms with Crippen LogP contribution in [0.5, 0.6) is 0 Å². The van der Waals surface area contributed by atoms with E-state index in [2.05, 4.69) is 54.0 Å². The Bertz CT molecular complexity index is 661. The lowest BCUT2D eigenvalue weighted by Crippen LogP contribution is -2.62. The highest BCUT2D eigenvalue weighted by molar-refractivity contribution is 5.68. The monoisotopic (exact) mass is 403 g/mol. The third kappa shape index (κ3) is 6.17. The second kappa shape index (κ2) is 9.45. The summed E-state index contributed by atoms with van der Waals surface area (Å²) in [7, 11) is 0. The first kappa shape index (κ1) is 22.1. The molecule has 2 fully saturated rings. The smallest absolute Gasteiger partial charge is 0.410 e. The number of carbonyl (C=O) groups excluding carboxylic acids is 1. The fourth-order valence-corrected chi connectivity index (χ4v) is 4.17. The normalized spacial score (nSPS) is 27.1. The topological polar surface area (TPSA) is 45.3 Å². The zero-order valence-electron chi connectivity index (χ0n) is 18.6. The molecule has 0 N–H and O–H groups in total. The minimum Gasteiger partial charge on any atom is -0.444 e. The van der Waals surface area contributed by atoms with Gasteiger partial charge in [-0.05, 0) is 40.2 Å². The van der Waals surface area contributed by atoms with Crippen LogP contribution in [0.1, 0.15) is 40.2 Å². The van der Waals surface area contributed by atoms with Crippen molar-refractivity contribution in [3.8, 4) is 0 Å². The number of hydrogen-bond donors (Lipinski definition) is 0. The summed E-state index contributed by atoms with van der Waals surface area (Å²) in [4.78, 5) is 19.8.